The number of anilines is 1. The Hall–Kier alpha value is -2.13. The topological polar surface area (TPSA) is 29.1 Å². The van der Waals surface area contributed by atoms with Gasteiger partial charge >= 0.3 is 0 Å². The first kappa shape index (κ1) is 16.2. The van der Waals surface area contributed by atoms with Crippen LogP contribution in [-0.4, -0.2) is 5.91 Å². The molecule has 0 atom stereocenters. The zero-order chi connectivity index (χ0) is 16.1. The number of amides is 1. The average molecular weight is 318 g/mol. The number of hydrogen-bond donors (Lipinski definition) is 1. The minimum atomic E-state index is -0.457. The van der Waals surface area contributed by atoms with Gasteiger partial charge in [-0.3, -0.25) is 4.79 Å². The monoisotopic (exact) mass is 317 g/mol. The lowest BCUT2D eigenvalue weighted by molar-refractivity contribution is -0.111. The molecule has 2 nitrogen and oxygen atoms in total. The molecule has 0 aromatic heterocycles. The van der Waals surface area contributed by atoms with E-state index in [1.165, 1.54) is 24.3 Å². The van der Waals surface area contributed by atoms with Gasteiger partial charge < -0.3 is 5.32 Å². The molecule has 1 amide bonds. The molecule has 0 spiro atoms. The Balaban J connectivity index is 2.19. The lowest BCUT2D eigenvalue weighted by atomic mass is 10.1. The number of nitrogens with one attached hydrogen (secondary N) is 1. The highest BCUT2D eigenvalue weighted by Gasteiger charge is 2.07. The molecule has 0 saturated carbocycles. The van der Waals surface area contributed by atoms with Crippen molar-refractivity contribution in [3.8, 4) is 0 Å². The normalized spacial score (nSPS) is 10.9. The summed E-state index contributed by atoms with van der Waals surface area (Å²) in [5.41, 5.74) is 3.06. The second kappa shape index (κ2) is 7.23. The smallest absolute Gasteiger partial charge is 0.248 e. The van der Waals surface area contributed by atoms with Crippen molar-refractivity contribution < 1.29 is 9.18 Å². The largest absolute Gasteiger partial charge is 0.322 e. The van der Waals surface area contributed by atoms with Crippen LogP contribution in [-0.2, 0) is 11.2 Å². The maximum atomic E-state index is 13.6. The summed E-state index contributed by atoms with van der Waals surface area (Å²) >= 11 is 5.92. The summed E-state index contributed by atoms with van der Waals surface area (Å²) in [6.45, 7) is 3.96. The first-order valence-electron chi connectivity index (χ1n) is 7.04. The molecule has 2 rings (SSSR count). The van der Waals surface area contributed by atoms with E-state index in [0.29, 0.717) is 0 Å². The predicted molar refractivity (Wildman–Crippen MR) is 89.6 cm³/mol. The molecule has 0 bridgehead atoms. The summed E-state index contributed by atoms with van der Waals surface area (Å²) in [6.07, 6.45) is 3.49. The number of benzene rings is 2. The van der Waals surface area contributed by atoms with Gasteiger partial charge in [-0.25, -0.2) is 4.39 Å². The number of halogens is 2. The third kappa shape index (κ3) is 3.74. The molecule has 0 saturated heterocycles. The van der Waals surface area contributed by atoms with E-state index in [1.54, 1.807) is 6.07 Å². The second-order valence-electron chi connectivity index (χ2n) is 4.92. The average Bonchev–Trinajstić information content (AvgIpc) is 2.49. The van der Waals surface area contributed by atoms with Crippen LogP contribution in [0.4, 0.5) is 10.1 Å². The molecule has 0 aliphatic rings. The van der Waals surface area contributed by atoms with Gasteiger partial charge in [0.05, 0.1) is 5.02 Å². The maximum absolute atomic E-state index is 13.6. The van der Waals surface area contributed by atoms with Gasteiger partial charge in [-0.1, -0.05) is 42.8 Å². The number of carbonyl (C=O) groups is 1. The van der Waals surface area contributed by atoms with Crippen LogP contribution < -0.4 is 5.32 Å². The Bertz CT molecular complexity index is 705. The molecule has 1 N–H and O–H groups in total. The molecule has 22 heavy (non-hydrogen) atoms. The van der Waals surface area contributed by atoms with Crippen LogP contribution in [0, 0.1) is 12.7 Å². The molecule has 4 heteroatoms. The van der Waals surface area contributed by atoms with Crippen molar-refractivity contribution in [3.63, 3.8) is 0 Å². The number of aryl methyl sites for hydroxylation is 2. The Morgan fingerprint density at radius 3 is 2.68 bits per heavy atom. The number of para-hydroxylation sites is 1. The third-order valence-electron chi connectivity index (χ3n) is 3.39. The molecule has 114 valence electrons. The summed E-state index contributed by atoms with van der Waals surface area (Å²) in [4.78, 5) is 12.1. The molecule has 0 radical (unpaired) electrons. The lowest BCUT2D eigenvalue weighted by Gasteiger charge is -2.11. The van der Waals surface area contributed by atoms with Crippen LogP contribution in [0.5, 0.6) is 0 Å². The first-order valence-corrected chi connectivity index (χ1v) is 7.42. The van der Waals surface area contributed by atoms with Crippen molar-refractivity contribution in [1.29, 1.82) is 0 Å². The highest BCUT2D eigenvalue weighted by atomic mass is 35.5. The molecule has 0 aliphatic heterocycles. The molecule has 2 aromatic rings. The number of hydrogen-bond acceptors (Lipinski definition) is 1. The Morgan fingerprint density at radius 1 is 1.27 bits per heavy atom. The van der Waals surface area contributed by atoms with E-state index in [1.807, 2.05) is 32.0 Å². The van der Waals surface area contributed by atoms with Gasteiger partial charge in [0, 0.05) is 17.3 Å². The maximum Gasteiger partial charge on any atom is 0.248 e. The van der Waals surface area contributed by atoms with E-state index >= 15 is 0 Å². The van der Waals surface area contributed by atoms with Crippen LogP contribution in [0.25, 0.3) is 6.08 Å². The van der Waals surface area contributed by atoms with E-state index in [9.17, 15) is 9.18 Å². The Kier molecular flexibility index (Phi) is 5.34. The SMILES string of the molecule is CCc1cccc(C)c1NC(=O)C=Cc1c(F)cccc1Cl. The highest BCUT2D eigenvalue weighted by molar-refractivity contribution is 6.32. The van der Waals surface area contributed by atoms with Gasteiger partial charge in [-0.05, 0) is 42.7 Å². The van der Waals surface area contributed by atoms with Crippen LogP contribution in [0.2, 0.25) is 5.02 Å². The van der Waals surface area contributed by atoms with Crippen LogP contribution in [0.15, 0.2) is 42.5 Å². The zero-order valence-corrected chi connectivity index (χ0v) is 13.2. The van der Waals surface area contributed by atoms with Crippen molar-refractivity contribution >= 4 is 29.3 Å². The molecular formula is C18H17ClFNO. The molecule has 0 fully saturated rings. The van der Waals surface area contributed by atoms with E-state index in [4.69, 9.17) is 11.6 Å². The Morgan fingerprint density at radius 2 is 2.00 bits per heavy atom. The first-order chi connectivity index (χ1) is 10.5. The fourth-order valence-corrected chi connectivity index (χ4v) is 2.42. The third-order valence-corrected chi connectivity index (χ3v) is 3.72. The van der Waals surface area contributed by atoms with Crippen molar-refractivity contribution in [3.05, 3.63) is 70.0 Å². The zero-order valence-electron chi connectivity index (χ0n) is 12.5. The van der Waals surface area contributed by atoms with E-state index < -0.39 is 5.82 Å². The second-order valence-corrected chi connectivity index (χ2v) is 5.33. The summed E-state index contributed by atoms with van der Waals surface area (Å²) < 4.78 is 13.6. The van der Waals surface area contributed by atoms with Crippen LogP contribution in [0.1, 0.15) is 23.6 Å². The number of rotatable bonds is 4. The van der Waals surface area contributed by atoms with E-state index in [-0.39, 0.29) is 16.5 Å². The summed E-state index contributed by atoms with van der Waals surface area (Å²) in [6, 6.07) is 10.3. The van der Waals surface area contributed by atoms with E-state index in [0.717, 1.165) is 23.2 Å². The number of carbonyl (C=O) groups excluding carboxylic acids is 1. The minimum Gasteiger partial charge on any atom is -0.322 e. The minimum absolute atomic E-state index is 0.208. The standard InChI is InChI=1S/C18H17ClFNO/c1-3-13-7-4-6-12(2)18(13)21-17(22)11-10-14-15(19)8-5-9-16(14)20/h4-11H,3H2,1-2H3,(H,21,22). The molecule has 0 heterocycles. The van der Waals surface area contributed by atoms with Gasteiger partial charge in [0.15, 0.2) is 0 Å². The van der Waals surface area contributed by atoms with Crippen molar-refractivity contribution in [2.75, 3.05) is 5.32 Å². The lowest BCUT2D eigenvalue weighted by Crippen LogP contribution is -2.11. The van der Waals surface area contributed by atoms with Gasteiger partial charge in [0.1, 0.15) is 5.82 Å². The summed E-state index contributed by atoms with van der Waals surface area (Å²) in [5, 5.41) is 3.12. The van der Waals surface area contributed by atoms with Gasteiger partial charge in [-0.2, -0.15) is 0 Å². The van der Waals surface area contributed by atoms with Crippen LogP contribution in [0.3, 0.4) is 0 Å². The fraction of sp³-hybridized carbons (Fsp3) is 0.167. The summed E-state index contributed by atoms with van der Waals surface area (Å²) in [5.74, 6) is -0.773. The Labute approximate surface area is 134 Å². The van der Waals surface area contributed by atoms with Gasteiger partial charge in [-0.15, -0.1) is 0 Å². The fourth-order valence-electron chi connectivity index (χ4n) is 2.20. The molecule has 0 unspecified atom stereocenters. The predicted octanol–water partition coefficient (Wildman–Crippen LogP) is 5.00. The summed E-state index contributed by atoms with van der Waals surface area (Å²) in [7, 11) is 0. The molecular weight excluding hydrogens is 301 g/mol. The highest BCUT2D eigenvalue weighted by Crippen LogP contribution is 2.22. The molecule has 2 aromatic carbocycles. The van der Waals surface area contributed by atoms with Crippen molar-refractivity contribution in [2.24, 2.45) is 0 Å². The quantitative estimate of drug-likeness (QED) is 0.790. The van der Waals surface area contributed by atoms with Crippen LogP contribution >= 0.6 is 11.6 Å². The van der Waals surface area contributed by atoms with Gasteiger partial charge in [0.2, 0.25) is 5.91 Å². The van der Waals surface area contributed by atoms with Crippen molar-refractivity contribution in [1.82, 2.24) is 0 Å². The van der Waals surface area contributed by atoms with Gasteiger partial charge in [0.25, 0.3) is 0 Å². The molecule has 0 aliphatic carbocycles. The van der Waals surface area contributed by atoms with Crippen molar-refractivity contribution in [2.45, 2.75) is 20.3 Å². The van der Waals surface area contributed by atoms with E-state index in [2.05, 4.69) is 5.32 Å².